The normalized spacial score (nSPS) is 17.4. The second-order valence-corrected chi connectivity index (χ2v) is 6.56. The number of benzene rings is 2. The summed E-state index contributed by atoms with van der Waals surface area (Å²) in [4.78, 5) is 38.2. The molecule has 1 saturated heterocycles. The van der Waals surface area contributed by atoms with Crippen molar-refractivity contribution >= 4 is 23.5 Å². The van der Waals surface area contributed by atoms with E-state index in [9.17, 15) is 14.4 Å². The molecule has 1 fully saturated rings. The number of amides is 2. The van der Waals surface area contributed by atoms with Gasteiger partial charge in [-0.2, -0.15) is 0 Å². The lowest BCUT2D eigenvalue weighted by atomic mass is 10.1. The van der Waals surface area contributed by atoms with Gasteiger partial charge in [-0.1, -0.05) is 48.5 Å². The highest BCUT2D eigenvalue weighted by Gasteiger charge is 2.38. The monoisotopic (exact) mass is 366 g/mol. The fourth-order valence-electron chi connectivity index (χ4n) is 3.15. The molecule has 0 unspecified atom stereocenters. The zero-order valence-electron chi connectivity index (χ0n) is 15.1. The van der Waals surface area contributed by atoms with Crippen LogP contribution in [0.3, 0.4) is 0 Å². The van der Waals surface area contributed by atoms with Crippen molar-refractivity contribution in [3.05, 3.63) is 66.2 Å². The lowest BCUT2D eigenvalue weighted by Gasteiger charge is -2.25. The van der Waals surface area contributed by atoms with Gasteiger partial charge in [-0.3, -0.25) is 14.4 Å². The highest BCUT2D eigenvalue weighted by molar-refractivity contribution is 5.93. The minimum absolute atomic E-state index is 0.0814. The molecular weight excluding hydrogens is 344 g/mol. The Morgan fingerprint density at radius 3 is 2.41 bits per heavy atom. The van der Waals surface area contributed by atoms with Crippen LogP contribution >= 0.6 is 0 Å². The number of carbonyl (C=O) groups is 3. The van der Waals surface area contributed by atoms with Gasteiger partial charge in [-0.15, -0.1) is 0 Å². The molecule has 1 heterocycles. The molecule has 0 radical (unpaired) electrons. The van der Waals surface area contributed by atoms with Crippen molar-refractivity contribution in [2.45, 2.75) is 19.4 Å². The SMILES string of the molecule is C[C@H](c1ccccc1)N1C[C@@H](C(=O)OCC(=O)Nc2ccccc2)CC1=O. The van der Waals surface area contributed by atoms with E-state index in [1.54, 1.807) is 29.2 Å². The summed E-state index contributed by atoms with van der Waals surface area (Å²) in [6.45, 7) is 1.87. The number of para-hydroxylation sites is 1. The van der Waals surface area contributed by atoms with Gasteiger partial charge in [0.2, 0.25) is 5.91 Å². The molecule has 2 amide bonds. The molecule has 0 bridgehead atoms. The summed E-state index contributed by atoms with van der Waals surface area (Å²) in [7, 11) is 0. The molecule has 140 valence electrons. The average molecular weight is 366 g/mol. The molecule has 1 aliphatic rings. The van der Waals surface area contributed by atoms with Crippen LogP contribution in [-0.4, -0.2) is 35.8 Å². The second-order valence-electron chi connectivity index (χ2n) is 6.56. The number of hydrogen-bond donors (Lipinski definition) is 1. The van der Waals surface area contributed by atoms with Crippen LogP contribution in [0.2, 0.25) is 0 Å². The predicted molar refractivity (Wildman–Crippen MR) is 101 cm³/mol. The number of nitrogens with one attached hydrogen (secondary N) is 1. The van der Waals surface area contributed by atoms with Gasteiger partial charge >= 0.3 is 5.97 Å². The van der Waals surface area contributed by atoms with Gasteiger partial charge in [0.25, 0.3) is 5.91 Å². The molecule has 27 heavy (non-hydrogen) atoms. The van der Waals surface area contributed by atoms with Crippen molar-refractivity contribution in [2.75, 3.05) is 18.5 Å². The zero-order chi connectivity index (χ0) is 19.2. The van der Waals surface area contributed by atoms with Gasteiger partial charge in [0, 0.05) is 18.7 Å². The second kappa shape index (κ2) is 8.49. The summed E-state index contributed by atoms with van der Waals surface area (Å²) in [6.07, 6.45) is 0.107. The van der Waals surface area contributed by atoms with E-state index < -0.39 is 17.8 Å². The van der Waals surface area contributed by atoms with Gasteiger partial charge in [0.1, 0.15) is 0 Å². The van der Waals surface area contributed by atoms with E-state index in [1.165, 1.54) is 0 Å². The molecule has 6 heteroatoms. The van der Waals surface area contributed by atoms with Crippen molar-refractivity contribution < 1.29 is 19.1 Å². The van der Waals surface area contributed by atoms with Crippen LogP contribution in [0.5, 0.6) is 0 Å². The Hall–Kier alpha value is -3.15. The minimum Gasteiger partial charge on any atom is -0.455 e. The Balaban J connectivity index is 1.51. The third-order valence-electron chi connectivity index (χ3n) is 4.64. The Labute approximate surface area is 158 Å². The minimum atomic E-state index is -0.548. The molecule has 1 N–H and O–H groups in total. The standard InChI is InChI=1S/C21H22N2O4/c1-15(16-8-4-2-5-9-16)23-13-17(12-20(23)25)21(26)27-14-19(24)22-18-10-6-3-7-11-18/h2-11,15,17H,12-14H2,1H3,(H,22,24)/t15-,17+/m1/s1. The molecule has 0 saturated carbocycles. The number of ether oxygens (including phenoxy) is 1. The molecule has 2 aromatic carbocycles. The van der Waals surface area contributed by atoms with Gasteiger partial charge in [-0.05, 0) is 24.6 Å². The van der Waals surface area contributed by atoms with E-state index >= 15 is 0 Å². The summed E-state index contributed by atoms with van der Waals surface area (Å²) in [5.74, 6) is -1.56. The molecule has 3 rings (SSSR count). The van der Waals surface area contributed by atoms with Gasteiger partial charge in [0.15, 0.2) is 6.61 Å². The fraction of sp³-hybridized carbons (Fsp3) is 0.286. The first-order chi connectivity index (χ1) is 13.0. The topological polar surface area (TPSA) is 75.7 Å². The first-order valence-corrected chi connectivity index (χ1v) is 8.90. The number of anilines is 1. The Kier molecular flexibility index (Phi) is 5.86. The number of nitrogens with zero attached hydrogens (tertiary/aromatic N) is 1. The quantitative estimate of drug-likeness (QED) is 0.798. The van der Waals surface area contributed by atoms with Crippen molar-refractivity contribution in [1.29, 1.82) is 0 Å². The van der Waals surface area contributed by atoms with Gasteiger partial charge in [0.05, 0.1) is 12.0 Å². The number of esters is 1. The molecule has 0 aromatic heterocycles. The van der Waals surface area contributed by atoms with Crippen molar-refractivity contribution in [3.8, 4) is 0 Å². The lowest BCUT2D eigenvalue weighted by Crippen LogP contribution is -2.30. The fourth-order valence-corrected chi connectivity index (χ4v) is 3.15. The van der Waals surface area contributed by atoms with E-state index in [1.807, 2.05) is 43.3 Å². The van der Waals surface area contributed by atoms with E-state index in [2.05, 4.69) is 5.32 Å². The van der Waals surface area contributed by atoms with E-state index in [-0.39, 0.29) is 25.0 Å². The van der Waals surface area contributed by atoms with E-state index in [0.717, 1.165) is 5.56 Å². The molecule has 1 aliphatic heterocycles. The van der Waals surface area contributed by atoms with E-state index in [4.69, 9.17) is 4.74 Å². The summed E-state index contributed by atoms with van der Waals surface area (Å²) in [6, 6.07) is 18.5. The molecule has 0 aliphatic carbocycles. The smallest absolute Gasteiger partial charge is 0.311 e. The third-order valence-corrected chi connectivity index (χ3v) is 4.64. The molecule has 0 spiro atoms. The highest BCUT2D eigenvalue weighted by atomic mass is 16.5. The lowest BCUT2D eigenvalue weighted by molar-refractivity contribution is -0.151. The third kappa shape index (κ3) is 4.73. The first-order valence-electron chi connectivity index (χ1n) is 8.90. The Morgan fingerprint density at radius 2 is 1.74 bits per heavy atom. The maximum atomic E-state index is 12.3. The van der Waals surface area contributed by atoms with Crippen LogP contribution in [0, 0.1) is 5.92 Å². The zero-order valence-corrected chi connectivity index (χ0v) is 15.1. The van der Waals surface area contributed by atoms with Crippen molar-refractivity contribution in [1.82, 2.24) is 4.90 Å². The summed E-state index contributed by atoms with van der Waals surface area (Å²) in [5, 5.41) is 2.65. The number of rotatable bonds is 6. The summed E-state index contributed by atoms with van der Waals surface area (Å²) < 4.78 is 5.11. The van der Waals surface area contributed by atoms with Crippen molar-refractivity contribution in [2.24, 2.45) is 5.92 Å². The highest BCUT2D eigenvalue weighted by Crippen LogP contribution is 2.28. The van der Waals surface area contributed by atoms with Gasteiger partial charge < -0.3 is 15.0 Å². The Bertz CT molecular complexity index is 807. The van der Waals surface area contributed by atoms with Crippen LogP contribution in [0.1, 0.15) is 24.9 Å². The number of likely N-dealkylation sites (tertiary alicyclic amines) is 1. The maximum Gasteiger partial charge on any atom is 0.311 e. The van der Waals surface area contributed by atoms with Crippen LogP contribution in [0.4, 0.5) is 5.69 Å². The molecular formula is C21H22N2O4. The van der Waals surface area contributed by atoms with Crippen LogP contribution in [-0.2, 0) is 19.1 Å². The molecule has 6 nitrogen and oxygen atoms in total. The average Bonchev–Trinajstić information content (AvgIpc) is 3.09. The molecule has 2 aromatic rings. The summed E-state index contributed by atoms with van der Waals surface area (Å²) >= 11 is 0. The van der Waals surface area contributed by atoms with Gasteiger partial charge in [-0.25, -0.2) is 0 Å². The number of carbonyl (C=O) groups excluding carboxylic acids is 3. The van der Waals surface area contributed by atoms with Crippen molar-refractivity contribution in [3.63, 3.8) is 0 Å². The molecule has 2 atom stereocenters. The predicted octanol–water partition coefficient (Wildman–Crippen LogP) is 2.78. The Morgan fingerprint density at radius 1 is 1.11 bits per heavy atom. The first kappa shape index (κ1) is 18.6. The maximum absolute atomic E-state index is 12.3. The van der Waals surface area contributed by atoms with Crippen LogP contribution in [0.15, 0.2) is 60.7 Å². The van der Waals surface area contributed by atoms with Crippen LogP contribution < -0.4 is 5.32 Å². The largest absolute Gasteiger partial charge is 0.455 e. The van der Waals surface area contributed by atoms with E-state index in [0.29, 0.717) is 12.2 Å². The number of hydrogen-bond acceptors (Lipinski definition) is 4. The summed E-state index contributed by atoms with van der Waals surface area (Å²) in [5.41, 5.74) is 1.65. The van der Waals surface area contributed by atoms with Crippen LogP contribution in [0.25, 0.3) is 0 Å².